The first-order valence-electron chi connectivity index (χ1n) is 7.85. The van der Waals surface area contributed by atoms with E-state index in [1.165, 1.54) is 12.1 Å². The molecular formula is C16H19FN4O. The summed E-state index contributed by atoms with van der Waals surface area (Å²) in [6.45, 7) is 3.59. The predicted octanol–water partition coefficient (Wildman–Crippen LogP) is 1.99. The first kappa shape index (κ1) is 13.7. The van der Waals surface area contributed by atoms with Crippen molar-refractivity contribution in [3.05, 3.63) is 30.1 Å². The summed E-state index contributed by atoms with van der Waals surface area (Å²) in [5.74, 6) is 0.557. The van der Waals surface area contributed by atoms with Gasteiger partial charge < -0.3 is 10.2 Å². The van der Waals surface area contributed by atoms with Crippen molar-refractivity contribution in [1.82, 2.24) is 10.2 Å². The lowest BCUT2D eigenvalue weighted by atomic mass is 9.84. The summed E-state index contributed by atoms with van der Waals surface area (Å²) in [4.78, 5) is 20.8. The standard InChI is InChI=1S/C16H19FN4O/c17-12-3-1-4-13(11-12)21-15(22)19-14(20-9-2-10-20)16(21)5-7-18-8-6-16/h1,3-4,11,18H,2,5-10H2. The van der Waals surface area contributed by atoms with Gasteiger partial charge in [0.25, 0.3) is 0 Å². The number of piperidine rings is 1. The Morgan fingerprint density at radius 1 is 1.23 bits per heavy atom. The van der Waals surface area contributed by atoms with E-state index in [0.29, 0.717) is 5.69 Å². The molecule has 0 aromatic heterocycles. The van der Waals surface area contributed by atoms with Gasteiger partial charge in [-0.05, 0) is 50.6 Å². The maximum atomic E-state index is 13.6. The number of nitrogens with zero attached hydrogens (tertiary/aromatic N) is 3. The van der Waals surface area contributed by atoms with Crippen molar-refractivity contribution in [1.29, 1.82) is 0 Å². The van der Waals surface area contributed by atoms with E-state index < -0.39 is 5.54 Å². The first-order valence-corrected chi connectivity index (χ1v) is 7.85. The highest BCUT2D eigenvalue weighted by Crippen LogP contribution is 2.39. The third-order valence-electron chi connectivity index (χ3n) is 4.89. The quantitative estimate of drug-likeness (QED) is 0.863. The van der Waals surface area contributed by atoms with Gasteiger partial charge in [0.15, 0.2) is 0 Å². The van der Waals surface area contributed by atoms with E-state index in [-0.39, 0.29) is 11.8 Å². The lowest BCUT2D eigenvalue weighted by Gasteiger charge is -2.47. The van der Waals surface area contributed by atoms with Gasteiger partial charge in [0.05, 0.1) is 0 Å². The number of aliphatic imine (C=N–C) groups is 1. The average molecular weight is 302 g/mol. The predicted molar refractivity (Wildman–Crippen MR) is 82.7 cm³/mol. The second kappa shape index (κ2) is 5.05. The Hall–Kier alpha value is -1.95. The van der Waals surface area contributed by atoms with Gasteiger partial charge in [-0.2, -0.15) is 4.99 Å². The number of urea groups is 1. The smallest absolute Gasteiger partial charge is 0.350 e. The fourth-order valence-corrected chi connectivity index (χ4v) is 3.68. The third kappa shape index (κ3) is 1.94. The number of hydrogen-bond acceptors (Lipinski definition) is 3. The Kier molecular flexibility index (Phi) is 3.14. The van der Waals surface area contributed by atoms with Crippen molar-refractivity contribution in [2.75, 3.05) is 31.1 Å². The van der Waals surface area contributed by atoms with E-state index in [9.17, 15) is 9.18 Å². The van der Waals surface area contributed by atoms with Crippen LogP contribution in [0, 0.1) is 5.82 Å². The van der Waals surface area contributed by atoms with Gasteiger partial charge in [0.2, 0.25) is 0 Å². The molecule has 3 aliphatic heterocycles. The van der Waals surface area contributed by atoms with E-state index in [1.54, 1.807) is 17.0 Å². The SMILES string of the molecule is O=C1N=C(N2CCC2)C2(CCNCC2)N1c1cccc(F)c1. The highest BCUT2D eigenvalue weighted by atomic mass is 19.1. The van der Waals surface area contributed by atoms with Gasteiger partial charge in [-0.15, -0.1) is 0 Å². The maximum absolute atomic E-state index is 13.6. The highest BCUT2D eigenvalue weighted by molar-refractivity contribution is 6.16. The zero-order valence-corrected chi connectivity index (χ0v) is 12.4. The molecule has 6 heteroatoms. The van der Waals surface area contributed by atoms with Crippen LogP contribution in [0.4, 0.5) is 14.9 Å². The van der Waals surface area contributed by atoms with E-state index in [0.717, 1.165) is 51.3 Å². The van der Waals surface area contributed by atoms with Gasteiger partial charge in [0.1, 0.15) is 17.2 Å². The number of halogens is 1. The van der Waals surface area contributed by atoms with Crippen LogP contribution in [0.1, 0.15) is 19.3 Å². The number of benzene rings is 1. The molecule has 1 N–H and O–H groups in total. The summed E-state index contributed by atoms with van der Waals surface area (Å²) in [6.07, 6.45) is 2.76. The fraction of sp³-hybridized carbons (Fsp3) is 0.500. The van der Waals surface area contributed by atoms with Crippen molar-refractivity contribution in [2.45, 2.75) is 24.8 Å². The van der Waals surface area contributed by atoms with Crippen LogP contribution in [0.5, 0.6) is 0 Å². The molecule has 0 aliphatic carbocycles. The number of nitrogens with one attached hydrogen (secondary N) is 1. The molecule has 0 bridgehead atoms. The van der Waals surface area contributed by atoms with E-state index in [1.807, 2.05) is 0 Å². The van der Waals surface area contributed by atoms with Crippen LogP contribution >= 0.6 is 0 Å². The van der Waals surface area contributed by atoms with Crippen molar-refractivity contribution in [3.8, 4) is 0 Å². The Bertz CT molecular complexity index is 635. The molecule has 0 saturated carbocycles. The molecule has 2 saturated heterocycles. The van der Waals surface area contributed by atoms with Crippen molar-refractivity contribution in [2.24, 2.45) is 4.99 Å². The lowest BCUT2D eigenvalue weighted by molar-refractivity contribution is 0.246. The number of amides is 2. The highest BCUT2D eigenvalue weighted by Gasteiger charge is 2.53. The monoisotopic (exact) mass is 302 g/mol. The number of carbonyl (C=O) groups is 1. The molecule has 116 valence electrons. The summed E-state index contributed by atoms with van der Waals surface area (Å²) in [6, 6.07) is 6.00. The largest absolute Gasteiger partial charge is 0.358 e. The summed E-state index contributed by atoms with van der Waals surface area (Å²) >= 11 is 0. The topological polar surface area (TPSA) is 47.9 Å². The van der Waals surface area contributed by atoms with E-state index in [2.05, 4.69) is 15.2 Å². The fourth-order valence-electron chi connectivity index (χ4n) is 3.68. The number of carbonyl (C=O) groups excluding carboxylic acids is 1. The average Bonchev–Trinajstić information content (AvgIpc) is 2.70. The number of anilines is 1. The van der Waals surface area contributed by atoms with Crippen molar-refractivity contribution in [3.63, 3.8) is 0 Å². The van der Waals surface area contributed by atoms with Crippen LogP contribution in [-0.4, -0.2) is 48.5 Å². The van der Waals surface area contributed by atoms with Crippen LogP contribution in [-0.2, 0) is 0 Å². The molecule has 1 aromatic carbocycles. The molecule has 0 atom stereocenters. The molecule has 2 fully saturated rings. The molecule has 3 aliphatic rings. The summed E-state index contributed by atoms with van der Waals surface area (Å²) in [7, 11) is 0. The Labute approximate surface area is 128 Å². The van der Waals surface area contributed by atoms with Crippen molar-refractivity contribution >= 4 is 17.6 Å². The van der Waals surface area contributed by atoms with E-state index in [4.69, 9.17) is 0 Å². The zero-order valence-electron chi connectivity index (χ0n) is 12.4. The molecule has 5 nitrogen and oxygen atoms in total. The third-order valence-corrected chi connectivity index (χ3v) is 4.89. The van der Waals surface area contributed by atoms with Crippen LogP contribution in [0.3, 0.4) is 0 Å². The van der Waals surface area contributed by atoms with Gasteiger partial charge in [-0.3, -0.25) is 4.90 Å². The molecule has 2 amide bonds. The Balaban J connectivity index is 1.78. The van der Waals surface area contributed by atoms with Gasteiger partial charge in [-0.1, -0.05) is 6.07 Å². The van der Waals surface area contributed by atoms with Crippen LogP contribution in [0.15, 0.2) is 29.3 Å². The molecule has 4 rings (SSSR count). The number of hydrogen-bond donors (Lipinski definition) is 1. The zero-order chi connectivity index (χ0) is 15.2. The Morgan fingerprint density at radius 2 is 2.00 bits per heavy atom. The summed E-state index contributed by atoms with van der Waals surface area (Å²) < 4.78 is 13.6. The molecule has 0 radical (unpaired) electrons. The van der Waals surface area contributed by atoms with Crippen LogP contribution in [0.2, 0.25) is 0 Å². The van der Waals surface area contributed by atoms with Gasteiger partial charge in [0, 0.05) is 18.8 Å². The number of amidine groups is 1. The van der Waals surface area contributed by atoms with Gasteiger partial charge in [-0.25, -0.2) is 9.18 Å². The van der Waals surface area contributed by atoms with Crippen LogP contribution < -0.4 is 10.2 Å². The minimum Gasteiger partial charge on any atom is -0.358 e. The lowest BCUT2D eigenvalue weighted by Crippen LogP contribution is -2.63. The minimum atomic E-state index is -0.420. The first-order chi connectivity index (χ1) is 10.7. The second-order valence-electron chi connectivity index (χ2n) is 6.16. The van der Waals surface area contributed by atoms with E-state index >= 15 is 0 Å². The second-order valence-corrected chi connectivity index (χ2v) is 6.16. The number of rotatable bonds is 1. The summed E-state index contributed by atoms with van der Waals surface area (Å²) in [5, 5.41) is 3.34. The molecular weight excluding hydrogens is 283 g/mol. The molecule has 3 heterocycles. The number of likely N-dealkylation sites (tertiary alicyclic amines) is 1. The van der Waals surface area contributed by atoms with Crippen LogP contribution in [0.25, 0.3) is 0 Å². The molecule has 0 unspecified atom stereocenters. The normalized spacial score (nSPS) is 23.7. The van der Waals surface area contributed by atoms with Crippen molar-refractivity contribution < 1.29 is 9.18 Å². The minimum absolute atomic E-state index is 0.269. The molecule has 1 aromatic rings. The molecule has 1 spiro atoms. The Morgan fingerprint density at radius 3 is 2.64 bits per heavy atom. The van der Waals surface area contributed by atoms with Gasteiger partial charge >= 0.3 is 6.03 Å². The summed E-state index contributed by atoms with van der Waals surface area (Å²) in [5.41, 5.74) is 0.183. The molecule has 22 heavy (non-hydrogen) atoms. The maximum Gasteiger partial charge on any atom is 0.350 e.